The Labute approximate surface area is 238 Å². The number of fused-ring (bicyclic) bond motifs is 1. The van der Waals surface area contributed by atoms with E-state index in [9.17, 15) is 19.5 Å². The van der Waals surface area contributed by atoms with Gasteiger partial charge in [0.05, 0.1) is 12.8 Å². The van der Waals surface area contributed by atoms with Gasteiger partial charge in [-0.1, -0.05) is 36.4 Å². The number of benzene rings is 2. The van der Waals surface area contributed by atoms with Gasteiger partial charge in [-0.05, 0) is 101 Å². The lowest BCUT2D eigenvalue weighted by atomic mass is 9.80. The lowest BCUT2D eigenvalue weighted by molar-refractivity contribution is -0.159. The second-order valence-corrected chi connectivity index (χ2v) is 12.9. The van der Waals surface area contributed by atoms with Crippen molar-refractivity contribution >= 4 is 17.8 Å². The normalized spacial score (nSPS) is 15.3. The summed E-state index contributed by atoms with van der Waals surface area (Å²) in [5.41, 5.74) is 1.85. The van der Waals surface area contributed by atoms with Crippen molar-refractivity contribution in [2.24, 2.45) is 5.92 Å². The number of carbonyl (C=O) groups is 3. The number of hydrogen-bond acceptors (Lipinski definition) is 6. The number of aryl methyl sites for hydroxylation is 1. The van der Waals surface area contributed by atoms with E-state index in [1.807, 2.05) is 36.4 Å². The number of carbonyl (C=O) groups excluding carboxylic acids is 3. The minimum atomic E-state index is -0.657. The second kappa shape index (κ2) is 13.3. The quantitative estimate of drug-likeness (QED) is 0.348. The highest BCUT2D eigenvalue weighted by Crippen LogP contribution is 2.36. The van der Waals surface area contributed by atoms with Crippen LogP contribution in [-0.2, 0) is 36.8 Å². The third-order valence-electron chi connectivity index (χ3n) is 6.78. The molecule has 1 unspecified atom stereocenters. The Kier molecular flexibility index (Phi) is 10.4. The number of rotatable bonds is 10. The molecule has 40 heavy (non-hydrogen) atoms. The molecule has 2 aromatic carbocycles. The molecule has 0 fully saturated rings. The zero-order valence-electron chi connectivity index (χ0n) is 24.9. The molecule has 0 aliphatic heterocycles. The van der Waals surface area contributed by atoms with E-state index >= 15 is 0 Å². The Morgan fingerprint density at radius 3 is 2.10 bits per heavy atom. The van der Waals surface area contributed by atoms with E-state index in [2.05, 4.69) is 0 Å². The molecule has 7 heteroatoms. The van der Waals surface area contributed by atoms with Gasteiger partial charge in [-0.15, -0.1) is 0 Å². The van der Waals surface area contributed by atoms with Crippen LogP contribution >= 0.6 is 0 Å². The molecule has 1 atom stereocenters. The summed E-state index contributed by atoms with van der Waals surface area (Å²) in [5, 5.41) is 9.94. The molecule has 2 aromatic rings. The summed E-state index contributed by atoms with van der Waals surface area (Å²) >= 11 is 0. The molecule has 0 saturated carbocycles. The van der Waals surface area contributed by atoms with Crippen LogP contribution in [0.4, 0.5) is 0 Å². The largest absolute Gasteiger partial charge is 0.508 e. The van der Waals surface area contributed by atoms with Crippen LogP contribution in [-0.4, -0.2) is 45.6 Å². The number of nitrogens with zero attached hydrogens (tertiary/aromatic N) is 1. The molecule has 0 bridgehead atoms. The summed E-state index contributed by atoms with van der Waals surface area (Å²) in [6.45, 7) is 11.4. The van der Waals surface area contributed by atoms with Gasteiger partial charge in [-0.2, -0.15) is 0 Å². The molecule has 1 aliphatic carbocycles. The van der Waals surface area contributed by atoms with Crippen LogP contribution < -0.4 is 0 Å². The maximum absolute atomic E-state index is 13.9. The second-order valence-electron chi connectivity index (χ2n) is 12.9. The summed E-state index contributed by atoms with van der Waals surface area (Å²) in [4.78, 5) is 41.3. The standard InChI is InChI=1S/C33H45NO6/c1-32(2,3)39-30(37)17-24(18-31(38)40-33(4,5)6)22-34(21-23-11-8-7-9-12-23)29(36)20-26-14-10-13-25-19-27(35)15-16-28(25)26/h7-9,11-12,15-16,19,24,26,35H,10,13-14,17-18,20-22H2,1-6H3. The molecule has 0 radical (unpaired) electrons. The fourth-order valence-corrected chi connectivity index (χ4v) is 5.26. The van der Waals surface area contributed by atoms with Gasteiger partial charge in [0.25, 0.3) is 0 Å². The van der Waals surface area contributed by atoms with E-state index in [4.69, 9.17) is 9.47 Å². The maximum Gasteiger partial charge on any atom is 0.306 e. The average molecular weight is 552 g/mol. The van der Waals surface area contributed by atoms with Crippen molar-refractivity contribution in [1.29, 1.82) is 0 Å². The van der Waals surface area contributed by atoms with E-state index < -0.39 is 29.1 Å². The maximum atomic E-state index is 13.9. The van der Waals surface area contributed by atoms with Gasteiger partial charge < -0.3 is 19.5 Å². The molecule has 0 aromatic heterocycles. The minimum Gasteiger partial charge on any atom is -0.508 e. The molecular weight excluding hydrogens is 506 g/mol. The van der Waals surface area contributed by atoms with Crippen molar-refractivity contribution in [3.63, 3.8) is 0 Å². The van der Waals surface area contributed by atoms with Gasteiger partial charge in [0.1, 0.15) is 17.0 Å². The van der Waals surface area contributed by atoms with Crippen LogP contribution in [0.5, 0.6) is 5.75 Å². The Balaban J connectivity index is 1.84. The first-order chi connectivity index (χ1) is 18.7. The molecular formula is C33H45NO6. The summed E-state index contributed by atoms with van der Waals surface area (Å²) in [5.74, 6) is -1.03. The minimum absolute atomic E-state index is 0.000616. The summed E-state index contributed by atoms with van der Waals surface area (Å²) in [6, 6.07) is 15.1. The first-order valence-electron chi connectivity index (χ1n) is 14.3. The van der Waals surface area contributed by atoms with Crippen LogP contribution in [0.3, 0.4) is 0 Å². The predicted octanol–water partition coefficient (Wildman–Crippen LogP) is 6.31. The van der Waals surface area contributed by atoms with Crippen LogP contribution in [0.2, 0.25) is 0 Å². The molecule has 218 valence electrons. The van der Waals surface area contributed by atoms with Crippen molar-refractivity contribution in [3.05, 3.63) is 65.2 Å². The van der Waals surface area contributed by atoms with E-state index in [1.165, 1.54) is 0 Å². The summed E-state index contributed by atoms with van der Waals surface area (Å²) < 4.78 is 11.1. The van der Waals surface area contributed by atoms with Crippen molar-refractivity contribution in [2.45, 2.75) is 104 Å². The summed E-state index contributed by atoms with van der Waals surface area (Å²) in [7, 11) is 0. The van der Waals surface area contributed by atoms with Gasteiger partial charge in [0.15, 0.2) is 0 Å². The fourth-order valence-electron chi connectivity index (χ4n) is 5.26. The molecule has 1 aliphatic rings. The Morgan fingerprint density at radius 1 is 0.925 bits per heavy atom. The first-order valence-corrected chi connectivity index (χ1v) is 14.3. The highest BCUT2D eigenvalue weighted by molar-refractivity contribution is 5.78. The predicted molar refractivity (Wildman–Crippen MR) is 155 cm³/mol. The topological polar surface area (TPSA) is 93.1 Å². The van der Waals surface area contributed by atoms with Gasteiger partial charge in [0.2, 0.25) is 5.91 Å². The molecule has 0 saturated heterocycles. The monoisotopic (exact) mass is 551 g/mol. The fraction of sp³-hybridized carbons (Fsp3) is 0.545. The number of hydrogen-bond donors (Lipinski definition) is 1. The number of ether oxygens (including phenoxy) is 2. The first kappa shape index (κ1) is 31.2. The molecule has 0 spiro atoms. The van der Waals surface area contributed by atoms with Gasteiger partial charge in [0, 0.05) is 19.5 Å². The zero-order valence-corrected chi connectivity index (χ0v) is 24.9. The molecule has 0 heterocycles. The number of aromatic hydroxyl groups is 1. The van der Waals surface area contributed by atoms with E-state index in [0.717, 1.165) is 36.0 Å². The third-order valence-corrected chi connectivity index (χ3v) is 6.78. The third kappa shape index (κ3) is 10.3. The van der Waals surface area contributed by atoms with E-state index in [-0.39, 0.29) is 37.0 Å². The van der Waals surface area contributed by atoms with Crippen LogP contribution in [0.1, 0.15) is 96.3 Å². The van der Waals surface area contributed by atoms with Crippen LogP contribution in [0.25, 0.3) is 0 Å². The zero-order chi connectivity index (χ0) is 29.5. The highest BCUT2D eigenvalue weighted by atomic mass is 16.6. The van der Waals surface area contributed by atoms with E-state index in [0.29, 0.717) is 13.0 Å². The number of esters is 2. The van der Waals surface area contributed by atoms with Crippen molar-refractivity contribution in [3.8, 4) is 5.75 Å². The van der Waals surface area contributed by atoms with Crippen molar-refractivity contribution in [1.82, 2.24) is 4.90 Å². The van der Waals surface area contributed by atoms with Crippen LogP contribution in [0.15, 0.2) is 48.5 Å². The Hall–Kier alpha value is -3.35. The van der Waals surface area contributed by atoms with E-state index in [1.54, 1.807) is 58.6 Å². The van der Waals surface area contributed by atoms with Crippen molar-refractivity contribution in [2.75, 3.05) is 6.54 Å². The summed E-state index contributed by atoms with van der Waals surface area (Å²) in [6.07, 6.45) is 3.04. The lowest BCUT2D eigenvalue weighted by Gasteiger charge is -2.31. The number of amides is 1. The van der Waals surface area contributed by atoms with Gasteiger partial charge in [-0.3, -0.25) is 14.4 Å². The Bertz CT molecular complexity index is 1130. The van der Waals surface area contributed by atoms with Gasteiger partial charge in [-0.25, -0.2) is 0 Å². The number of phenolic OH excluding ortho intramolecular Hbond substituents is 1. The lowest BCUT2D eigenvalue weighted by Crippen LogP contribution is -2.38. The highest BCUT2D eigenvalue weighted by Gasteiger charge is 2.30. The molecule has 1 N–H and O–H groups in total. The molecule has 3 rings (SSSR count). The number of phenols is 1. The van der Waals surface area contributed by atoms with Crippen molar-refractivity contribution < 1.29 is 29.0 Å². The Morgan fingerprint density at radius 2 is 1.52 bits per heavy atom. The molecule has 7 nitrogen and oxygen atoms in total. The van der Waals surface area contributed by atoms with Crippen LogP contribution in [0, 0.1) is 5.92 Å². The van der Waals surface area contributed by atoms with Gasteiger partial charge >= 0.3 is 11.9 Å². The smallest absolute Gasteiger partial charge is 0.306 e. The molecule has 1 amide bonds. The SMILES string of the molecule is CC(C)(C)OC(=O)CC(CC(=O)OC(C)(C)C)CN(Cc1ccccc1)C(=O)CC1CCCc2cc(O)ccc21. The average Bonchev–Trinajstić information content (AvgIpc) is 2.81.